The number of para-hydroxylation sites is 1. The monoisotopic (exact) mass is 373 g/mol. The lowest BCUT2D eigenvalue weighted by Gasteiger charge is -2.30. The number of rotatable bonds is 6. The standard InChI is InChI=1S/C19H23N3O5/c1-13(2)12-27-15-11-22(14-6-4-3-5-7-14)20-17(15)18(23)21-8-9-26-16(10-21)19(24)25/h3-7,11,13,16H,8-10,12H2,1-2H3,(H,24,25)/t16-/m0/s1. The zero-order chi connectivity index (χ0) is 19.4. The first-order chi connectivity index (χ1) is 13.0. The highest BCUT2D eigenvalue weighted by atomic mass is 16.5. The molecule has 1 N–H and O–H groups in total. The molecule has 1 aliphatic heterocycles. The molecule has 1 fully saturated rings. The highest BCUT2D eigenvalue weighted by Crippen LogP contribution is 2.23. The molecule has 1 aromatic carbocycles. The molecule has 1 aliphatic rings. The van der Waals surface area contributed by atoms with Gasteiger partial charge in [0, 0.05) is 6.54 Å². The molecule has 1 aromatic heterocycles. The van der Waals surface area contributed by atoms with E-state index in [0.717, 1.165) is 5.69 Å². The molecule has 0 radical (unpaired) electrons. The van der Waals surface area contributed by atoms with Gasteiger partial charge in [-0.2, -0.15) is 5.10 Å². The summed E-state index contributed by atoms with van der Waals surface area (Å²) in [5.74, 6) is -0.777. The van der Waals surface area contributed by atoms with Crippen LogP contribution >= 0.6 is 0 Å². The molecule has 3 rings (SSSR count). The Bertz CT molecular complexity index is 803. The van der Waals surface area contributed by atoms with Gasteiger partial charge >= 0.3 is 5.97 Å². The number of carboxylic acid groups (broad SMARTS) is 1. The Morgan fingerprint density at radius 3 is 2.74 bits per heavy atom. The maximum atomic E-state index is 13.0. The van der Waals surface area contributed by atoms with E-state index in [9.17, 15) is 9.59 Å². The minimum atomic E-state index is -1.08. The topological polar surface area (TPSA) is 93.9 Å². The molecule has 2 aromatic rings. The zero-order valence-corrected chi connectivity index (χ0v) is 15.4. The molecule has 0 saturated carbocycles. The molecule has 0 unspecified atom stereocenters. The Labute approximate surface area is 157 Å². The van der Waals surface area contributed by atoms with Gasteiger partial charge in [-0.15, -0.1) is 0 Å². The Balaban J connectivity index is 1.88. The van der Waals surface area contributed by atoms with Crippen molar-refractivity contribution < 1.29 is 24.2 Å². The summed E-state index contributed by atoms with van der Waals surface area (Å²) in [6, 6.07) is 9.42. The number of benzene rings is 1. The number of aromatic nitrogens is 2. The molecule has 1 amide bonds. The second kappa shape index (κ2) is 8.22. The van der Waals surface area contributed by atoms with Gasteiger partial charge in [0.1, 0.15) is 0 Å². The molecule has 1 atom stereocenters. The maximum absolute atomic E-state index is 13.0. The van der Waals surface area contributed by atoms with Crippen molar-refractivity contribution in [1.82, 2.24) is 14.7 Å². The molecule has 1 saturated heterocycles. The van der Waals surface area contributed by atoms with Crippen LogP contribution in [0, 0.1) is 5.92 Å². The molecule has 0 spiro atoms. The first-order valence-electron chi connectivity index (χ1n) is 8.87. The summed E-state index contributed by atoms with van der Waals surface area (Å²) in [4.78, 5) is 25.6. The maximum Gasteiger partial charge on any atom is 0.334 e. The number of hydrogen-bond acceptors (Lipinski definition) is 5. The van der Waals surface area contributed by atoms with Gasteiger partial charge in [0.25, 0.3) is 5.91 Å². The van der Waals surface area contributed by atoms with Crippen LogP contribution in [0.2, 0.25) is 0 Å². The molecule has 144 valence electrons. The summed E-state index contributed by atoms with van der Waals surface area (Å²) in [5.41, 5.74) is 0.974. The molecule has 8 nitrogen and oxygen atoms in total. The number of aliphatic carboxylic acids is 1. The summed E-state index contributed by atoms with van der Waals surface area (Å²) >= 11 is 0. The van der Waals surface area contributed by atoms with Crippen LogP contribution in [-0.2, 0) is 9.53 Å². The van der Waals surface area contributed by atoms with Crippen LogP contribution in [-0.4, -0.2) is 64.1 Å². The Kier molecular flexibility index (Phi) is 5.75. The minimum Gasteiger partial charge on any atom is -0.489 e. The first-order valence-corrected chi connectivity index (χ1v) is 8.87. The number of ether oxygens (including phenoxy) is 2. The van der Waals surface area contributed by atoms with Gasteiger partial charge < -0.3 is 19.5 Å². The van der Waals surface area contributed by atoms with E-state index < -0.39 is 12.1 Å². The van der Waals surface area contributed by atoms with E-state index in [2.05, 4.69) is 5.10 Å². The number of carbonyl (C=O) groups excluding carboxylic acids is 1. The lowest BCUT2D eigenvalue weighted by molar-refractivity contribution is -0.154. The Morgan fingerprint density at radius 1 is 1.33 bits per heavy atom. The average molecular weight is 373 g/mol. The van der Waals surface area contributed by atoms with Crippen LogP contribution in [0.15, 0.2) is 36.5 Å². The summed E-state index contributed by atoms with van der Waals surface area (Å²) in [6.07, 6.45) is 0.652. The number of carboxylic acids is 1. The number of amides is 1. The number of nitrogens with zero attached hydrogens (tertiary/aromatic N) is 3. The van der Waals surface area contributed by atoms with Crippen LogP contribution in [0.3, 0.4) is 0 Å². The Morgan fingerprint density at radius 2 is 2.07 bits per heavy atom. The average Bonchev–Trinajstić information content (AvgIpc) is 3.11. The van der Waals surface area contributed by atoms with Gasteiger partial charge in [0.05, 0.1) is 31.6 Å². The van der Waals surface area contributed by atoms with E-state index >= 15 is 0 Å². The highest BCUT2D eigenvalue weighted by molar-refractivity contribution is 5.95. The van der Waals surface area contributed by atoms with Crippen molar-refractivity contribution in [2.24, 2.45) is 5.92 Å². The van der Waals surface area contributed by atoms with E-state index in [-0.39, 0.29) is 30.7 Å². The second-order valence-electron chi connectivity index (χ2n) is 6.78. The predicted octanol–water partition coefficient (Wildman–Crippen LogP) is 1.83. The third kappa shape index (κ3) is 4.46. The van der Waals surface area contributed by atoms with Crippen molar-refractivity contribution in [2.45, 2.75) is 20.0 Å². The van der Waals surface area contributed by atoms with Gasteiger partial charge in [0.15, 0.2) is 17.5 Å². The minimum absolute atomic E-state index is 0.0179. The normalized spacial score (nSPS) is 17.1. The largest absolute Gasteiger partial charge is 0.489 e. The third-order valence-corrected chi connectivity index (χ3v) is 4.11. The van der Waals surface area contributed by atoms with Crippen LogP contribution in [0.4, 0.5) is 0 Å². The third-order valence-electron chi connectivity index (χ3n) is 4.11. The van der Waals surface area contributed by atoms with Crippen molar-refractivity contribution in [3.63, 3.8) is 0 Å². The van der Waals surface area contributed by atoms with Crippen LogP contribution in [0.5, 0.6) is 5.75 Å². The molecule has 8 heteroatoms. The SMILES string of the molecule is CC(C)COc1cn(-c2ccccc2)nc1C(=O)N1CCO[C@H](C(=O)O)C1. The van der Waals surface area contributed by atoms with Crippen molar-refractivity contribution >= 4 is 11.9 Å². The molecule has 0 bridgehead atoms. The fraction of sp³-hybridized carbons (Fsp3) is 0.421. The molecule has 27 heavy (non-hydrogen) atoms. The van der Waals surface area contributed by atoms with E-state index in [1.807, 2.05) is 44.2 Å². The number of hydrogen-bond donors (Lipinski definition) is 1. The fourth-order valence-electron chi connectivity index (χ4n) is 2.71. The van der Waals surface area contributed by atoms with Gasteiger partial charge in [-0.05, 0) is 18.1 Å². The van der Waals surface area contributed by atoms with Crippen LogP contribution < -0.4 is 4.74 Å². The van der Waals surface area contributed by atoms with Gasteiger partial charge in [0.2, 0.25) is 0 Å². The number of morpholine rings is 1. The second-order valence-corrected chi connectivity index (χ2v) is 6.78. The molecular weight excluding hydrogens is 350 g/mol. The van der Waals surface area contributed by atoms with E-state index in [0.29, 0.717) is 18.9 Å². The van der Waals surface area contributed by atoms with Crippen LogP contribution in [0.25, 0.3) is 5.69 Å². The zero-order valence-electron chi connectivity index (χ0n) is 15.4. The van der Waals surface area contributed by atoms with E-state index in [1.165, 1.54) is 4.90 Å². The van der Waals surface area contributed by atoms with Crippen molar-refractivity contribution in [3.8, 4) is 11.4 Å². The van der Waals surface area contributed by atoms with E-state index in [4.69, 9.17) is 14.6 Å². The highest BCUT2D eigenvalue weighted by Gasteiger charge is 2.32. The fourth-order valence-corrected chi connectivity index (χ4v) is 2.71. The quantitative estimate of drug-likeness (QED) is 0.830. The van der Waals surface area contributed by atoms with Crippen LogP contribution in [0.1, 0.15) is 24.3 Å². The first kappa shape index (κ1) is 18.9. The summed E-state index contributed by atoms with van der Waals surface area (Å²) in [7, 11) is 0. The molecule has 0 aliphatic carbocycles. The predicted molar refractivity (Wildman–Crippen MR) is 97.2 cm³/mol. The molecule has 2 heterocycles. The Hall–Kier alpha value is -2.87. The van der Waals surface area contributed by atoms with E-state index in [1.54, 1.807) is 10.9 Å². The smallest absolute Gasteiger partial charge is 0.334 e. The lowest BCUT2D eigenvalue weighted by atomic mass is 10.2. The van der Waals surface area contributed by atoms with Crippen molar-refractivity contribution in [1.29, 1.82) is 0 Å². The summed E-state index contributed by atoms with van der Waals surface area (Å²) in [5, 5.41) is 13.6. The summed E-state index contributed by atoms with van der Waals surface area (Å²) < 4.78 is 12.6. The van der Waals surface area contributed by atoms with Crippen molar-refractivity contribution in [2.75, 3.05) is 26.3 Å². The van der Waals surface area contributed by atoms with Gasteiger partial charge in [-0.1, -0.05) is 32.0 Å². The molecular formula is C19H23N3O5. The van der Waals surface area contributed by atoms with Crippen molar-refractivity contribution in [3.05, 3.63) is 42.2 Å². The van der Waals surface area contributed by atoms with Gasteiger partial charge in [-0.3, -0.25) is 4.79 Å². The lowest BCUT2D eigenvalue weighted by Crippen LogP contribution is -2.48. The summed E-state index contributed by atoms with van der Waals surface area (Å²) in [6.45, 7) is 4.94. The van der Waals surface area contributed by atoms with Gasteiger partial charge in [-0.25, -0.2) is 9.48 Å². The number of carbonyl (C=O) groups is 2.